The summed E-state index contributed by atoms with van der Waals surface area (Å²) in [4.78, 5) is 19.0. The summed E-state index contributed by atoms with van der Waals surface area (Å²) >= 11 is 0. The van der Waals surface area contributed by atoms with Crippen LogP contribution in [0.15, 0.2) is 41.4 Å². The van der Waals surface area contributed by atoms with E-state index in [9.17, 15) is 13.2 Å². The summed E-state index contributed by atoms with van der Waals surface area (Å²) in [7, 11) is -3.85. The lowest BCUT2D eigenvalue weighted by molar-refractivity contribution is 0.0950. The third-order valence-electron chi connectivity index (χ3n) is 4.47. The van der Waals surface area contributed by atoms with Crippen molar-refractivity contribution >= 4 is 21.7 Å². The van der Waals surface area contributed by atoms with Gasteiger partial charge in [-0.3, -0.25) is 4.79 Å². The maximum atomic E-state index is 12.4. The molecule has 0 aliphatic carbocycles. The zero-order valence-corrected chi connectivity index (χ0v) is 15.4. The molecule has 0 spiro atoms. The van der Waals surface area contributed by atoms with Gasteiger partial charge in [0, 0.05) is 31.4 Å². The smallest absolute Gasteiger partial charge is 0.251 e. The molecule has 1 aliphatic heterocycles. The van der Waals surface area contributed by atoms with E-state index in [0.29, 0.717) is 12.1 Å². The Kier molecular flexibility index (Phi) is 5.24. The van der Waals surface area contributed by atoms with Gasteiger partial charge in [0.15, 0.2) is 0 Å². The van der Waals surface area contributed by atoms with Crippen LogP contribution in [0.3, 0.4) is 0 Å². The molecule has 2 aromatic rings. The van der Waals surface area contributed by atoms with E-state index in [-0.39, 0.29) is 16.4 Å². The molecular weight excluding hydrogens is 352 g/mol. The highest BCUT2D eigenvalue weighted by Crippen LogP contribution is 2.18. The molecule has 2 heterocycles. The minimum absolute atomic E-state index is 0.0788. The monoisotopic (exact) mass is 374 g/mol. The van der Waals surface area contributed by atoms with Crippen LogP contribution in [0, 0.1) is 6.92 Å². The number of hydrogen-bond acceptors (Lipinski definition) is 5. The van der Waals surface area contributed by atoms with E-state index in [4.69, 9.17) is 5.14 Å². The number of aromatic nitrogens is 1. The summed E-state index contributed by atoms with van der Waals surface area (Å²) in [6.07, 6.45) is 4.13. The molecule has 1 aromatic carbocycles. The molecule has 0 saturated carbocycles. The van der Waals surface area contributed by atoms with Crippen LogP contribution < -0.4 is 15.4 Å². The van der Waals surface area contributed by atoms with Gasteiger partial charge in [0.2, 0.25) is 10.0 Å². The Morgan fingerprint density at radius 1 is 1.23 bits per heavy atom. The number of anilines is 1. The van der Waals surface area contributed by atoms with Crippen LogP contribution in [0.4, 0.5) is 5.82 Å². The van der Waals surface area contributed by atoms with Crippen molar-refractivity contribution in [1.29, 1.82) is 0 Å². The number of hydrogen-bond donors (Lipinski definition) is 2. The number of nitrogens with zero attached hydrogens (tertiary/aromatic N) is 2. The second-order valence-electron chi connectivity index (χ2n) is 6.42. The van der Waals surface area contributed by atoms with Crippen LogP contribution in [0.2, 0.25) is 0 Å². The molecule has 0 atom stereocenters. The predicted octanol–water partition coefficient (Wildman–Crippen LogP) is 1.57. The number of benzene rings is 1. The van der Waals surface area contributed by atoms with E-state index >= 15 is 0 Å². The van der Waals surface area contributed by atoms with E-state index in [1.54, 1.807) is 19.2 Å². The summed E-state index contributed by atoms with van der Waals surface area (Å²) < 4.78 is 22.9. The molecule has 1 saturated heterocycles. The molecule has 3 N–H and O–H groups in total. The van der Waals surface area contributed by atoms with Crippen molar-refractivity contribution in [3.8, 4) is 0 Å². The van der Waals surface area contributed by atoms with Crippen LogP contribution in [0.5, 0.6) is 0 Å². The number of nitrogens with one attached hydrogen (secondary N) is 1. The van der Waals surface area contributed by atoms with Gasteiger partial charge < -0.3 is 10.2 Å². The number of nitrogens with two attached hydrogens (primary N) is 1. The number of aryl methyl sites for hydroxylation is 1. The summed E-state index contributed by atoms with van der Waals surface area (Å²) in [5.41, 5.74) is 1.84. The lowest BCUT2D eigenvalue weighted by atomic mass is 10.1. The number of carbonyl (C=O) groups excluding carboxylic acids is 1. The number of carbonyl (C=O) groups is 1. The van der Waals surface area contributed by atoms with Crippen LogP contribution >= 0.6 is 0 Å². The highest BCUT2D eigenvalue weighted by atomic mass is 32.2. The van der Waals surface area contributed by atoms with Gasteiger partial charge in [-0.25, -0.2) is 18.5 Å². The fourth-order valence-corrected chi connectivity index (χ4v) is 3.49. The van der Waals surface area contributed by atoms with E-state index < -0.39 is 10.0 Å². The average molecular weight is 374 g/mol. The number of rotatable bonds is 5. The van der Waals surface area contributed by atoms with Crippen molar-refractivity contribution in [2.45, 2.75) is 31.2 Å². The maximum Gasteiger partial charge on any atom is 0.251 e. The van der Waals surface area contributed by atoms with Gasteiger partial charge in [0.25, 0.3) is 5.91 Å². The van der Waals surface area contributed by atoms with E-state index in [1.165, 1.54) is 25.0 Å². The molecule has 1 amide bonds. The fraction of sp³-hybridized carbons (Fsp3) is 0.333. The number of amides is 1. The van der Waals surface area contributed by atoms with Gasteiger partial charge >= 0.3 is 0 Å². The second kappa shape index (κ2) is 7.43. The average Bonchev–Trinajstić information content (AvgIpc) is 3.14. The summed E-state index contributed by atoms with van der Waals surface area (Å²) in [5.74, 6) is 0.603. The normalized spacial score (nSPS) is 14.5. The molecule has 138 valence electrons. The van der Waals surface area contributed by atoms with Gasteiger partial charge in [0.05, 0.1) is 4.90 Å². The first-order valence-corrected chi connectivity index (χ1v) is 10.0. The Labute approximate surface area is 153 Å². The SMILES string of the molecule is Cc1ccc(S(N)(=O)=O)cc1C(=O)NCc1ccc(N2CCCC2)nc1. The standard InChI is InChI=1S/C18H22N4O3S/c1-13-4-6-15(26(19,24)25)10-16(13)18(23)21-12-14-5-7-17(20-11-14)22-8-2-3-9-22/h4-7,10-11H,2-3,8-9,12H2,1H3,(H,21,23)(H2,19,24,25). The Balaban J connectivity index is 1.67. The molecule has 3 rings (SSSR count). The first-order chi connectivity index (χ1) is 12.3. The Morgan fingerprint density at radius 3 is 2.58 bits per heavy atom. The van der Waals surface area contributed by atoms with Crippen molar-refractivity contribution in [3.05, 3.63) is 53.2 Å². The molecule has 0 bridgehead atoms. The summed E-state index contributed by atoms with van der Waals surface area (Å²) in [5, 5.41) is 7.93. The number of sulfonamides is 1. The molecule has 7 nitrogen and oxygen atoms in total. The van der Waals surface area contributed by atoms with E-state index in [0.717, 1.165) is 24.5 Å². The lowest BCUT2D eigenvalue weighted by Crippen LogP contribution is -2.24. The summed E-state index contributed by atoms with van der Waals surface area (Å²) in [6.45, 7) is 4.12. The predicted molar refractivity (Wildman–Crippen MR) is 99.4 cm³/mol. The minimum atomic E-state index is -3.85. The zero-order valence-electron chi connectivity index (χ0n) is 14.6. The number of primary sulfonamides is 1. The molecule has 1 aromatic heterocycles. The van der Waals surface area contributed by atoms with Crippen LogP contribution in [-0.4, -0.2) is 32.4 Å². The topological polar surface area (TPSA) is 105 Å². The maximum absolute atomic E-state index is 12.4. The first-order valence-electron chi connectivity index (χ1n) is 8.46. The Bertz CT molecular complexity index is 905. The van der Waals surface area contributed by atoms with Gasteiger partial charge in [-0.1, -0.05) is 12.1 Å². The van der Waals surface area contributed by atoms with Gasteiger partial charge in [-0.05, 0) is 49.1 Å². The third kappa shape index (κ3) is 4.20. The minimum Gasteiger partial charge on any atom is -0.357 e. The van der Waals surface area contributed by atoms with Crippen LogP contribution in [0.25, 0.3) is 0 Å². The molecule has 1 fully saturated rings. The van der Waals surface area contributed by atoms with Crippen molar-refractivity contribution in [3.63, 3.8) is 0 Å². The lowest BCUT2D eigenvalue weighted by Gasteiger charge is -2.16. The quantitative estimate of drug-likeness (QED) is 0.826. The van der Waals surface area contributed by atoms with Gasteiger partial charge in [-0.15, -0.1) is 0 Å². The van der Waals surface area contributed by atoms with Crippen LogP contribution in [0.1, 0.15) is 34.3 Å². The van der Waals surface area contributed by atoms with Gasteiger partial charge in [-0.2, -0.15) is 0 Å². The van der Waals surface area contributed by atoms with E-state index in [1.807, 2.05) is 12.1 Å². The second-order valence-corrected chi connectivity index (χ2v) is 7.98. The molecule has 8 heteroatoms. The Morgan fingerprint density at radius 2 is 1.96 bits per heavy atom. The molecular formula is C18H22N4O3S. The highest BCUT2D eigenvalue weighted by molar-refractivity contribution is 7.89. The molecule has 1 aliphatic rings. The third-order valence-corrected chi connectivity index (χ3v) is 5.39. The Hall–Kier alpha value is -2.45. The van der Waals surface area contributed by atoms with Crippen molar-refractivity contribution in [1.82, 2.24) is 10.3 Å². The first kappa shape index (κ1) is 18.3. The highest BCUT2D eigenvalue weighted by Gasteiger charge is 2.15. The molecule has 26 heavy (non-hydrogen) atoms. The van der Waals surface area contributed by atoms with Crippen LogP contribution in [-0.2, 0) is 16.6 Å². The number of pyridine rings is 1. The zero-order chi connectivity index (χ0) is 18.7. The van der Waals surface area contributed by atoms with Crippen molar-refractivity contribution in [2.24, 2.45) is 5.14 Å². The van der Waals surface area contributed by atoms with E-state index in [2.05, 4.69) is 15.2 Å². The fourth-order valence-electron chi connectivity index (χ4n) is 2.95. The molecule has 0 radical (unpaired) electrons. The molecule has 0 unspecified atom stereocenters. The van der Waals surface area contributed by atoms with Crippen molar-refractivity contribution in [2.75, 3.05) is 18.0 Å². The van der Waals surface area contributed by atoms with Gasteiger partial charge in [0.1, 0.15) is 5.82 Å². The largest absolute Gasteiger partial charge is 0.357 e. The van der Waals surface area contributed by atoms with Crippen molar-refractivity contribution < 1.29 is 13.2 Å². The summed E-state index contributed by atoms with van der Waals surface area (Å²) in [6, 6.07) is 8.16.